The van der Waals surface area contributed by atoms with Crippen LogP contribution in [-0.4, -0.2) is 71.9 Å². The molecule has 0 aliphatic carbocycles. The first kappa shape index (κ1) is 26.6. The largest absolute Gasteiger partial charge is 0.478 e. The number of carbonyl (C=O) groups is 2. The highest BCUT2D eigenvalue weighted by Gasteiger charge is 2.35. The van der Waals surface area contributed by atoms with Gasteiger partial charge in [-0.1, -0.05) is 0 Å². The number of aromatic carboxylic acids is 1. The number of halogens is 3. The molecule has 4 heterocycles. The molecule has 0 aromatic carbocycles. The average Bonchev–Trinajstić information content (AvgIpc) is 3.50. The summed E-state index contributed by atoms with van der Waals surface area (Å²) in [5, 5.41) is 21.9. The molecule has 1 saturated heterocycles. The van der Waals surface area contributed by atoms with Crippen molar-refractivity contribution in [2.24, 2.45) is 11.7 Å². The van der Waals surface area contributed by atoms with E-state index in [4.69, 9.17) is 16.1 Å². The van der Waals surface area contributed by atoms with Crippen LogP contribution in [0.25, 0.3) is 22.4 Å². The first-order valence-electron chi connectivity index (χ1n) is 11.1. The molecule has 0 spiro atoms. The van der Waals surface area contributed by atoms with Crippen LogP contribution in [0, 0.1) is 17.2 Å². The Labute approximate surface area is 203 Å². The molecule has 192 valence electrons. The summed E-state index contributed by atoms with van der Waals surface area (Å²) in [5.41, 5.74) is 7.58. The number of carbonyl (C=O) groups excluding carboxylic acids is 1. The van der Waals surface area contributed by atoms with Crippen molar-refractivity contribution in [3.63, 3.8) is 0 Å². The van der Waals surface area contributed by atoms with Gasteiger partial charge in [0.15, 0.2) is 5.65 Å². The number of nitriles is 1. The fourth-order valence-corrected chi connectivity index (χ4v) is 3.66. The Hall–Kier alpha value is -3.99. The van der Waals surface area contributed by atoms with Gasteiger partial charge in [0.1, 0.15) is 11.1 Å². The van der Waals surface area contributed by atoms with E-state index in [2.05, 4.69) is 26.1 Å². The van der Waals surface area contributed by atoms with Gasteiger partial charge >= 0.3 is 12.1 Å². The number of H-pyrrole nitrogens is 1. The summed E-state index contributed by atoms with van der Waals surface area (Å²) in [5.74, 6) is -1.82. The number of aromatic nitrogens is 5. The second kappa shape index (κ2) is 11.2. The topological polar surface area (TPSA) is 167 Å². The number of hydrogen-bond acceptors (Lipinski definition) is 7. The van der Waals surface area contributed by atoms with Gasteiger partial charge in [-0.15, -0.1) is 0 Å². The van der Waals surface area contributed by atoms with Gasteiger partial charge in [-0.3, -0.25) is 9.48 Å². The van der Waals surface area contributed by atoms with Crippen molar-refractivity contribution in [1.29, 1.82) is 5.26 Å². The van der Waals surface area contributed by atoms with Crippen LogP contribution >= 0.6 is 0 Å². The minimum atomic E-state index is -4.43. The summed E-state index contributed by atoms with van der Waals surface area (Å²) in [7, 11) is 0. The molecule has 14 heteroatoms. The zero-order chi connectivity index (χ0) is 26.5. The summed E-state index contributed by atoms with van der Waals surface area (Å²) in [4.78, 5) is 35.3. The van der Waals surface area contributed by atoms with E-state index >= 15 is 0 Å². The minimum absolute atomic E-state index is 0.113. The van der Waals surface area contributed by atoms with Crippen LogP contribution in [0.2, 0.25) is 0 Å². The van der Waals surface area contributed by atoms with E-state index in [0.717, 1.165) is 12.1 Å². The number of alkyl halides is 3. The second-order valence-corrected chi connectivity index (χ2v) is 8.20. The number of nitrogens with two attached hydrogens (primary N) is 1. The van der Waals surface area contributed by atoms with Crippen LogP contribution in [0.3, 0.4) is 0 Å². The number of fused-ring (bicyclic) bond motifs is 1. The average molecular weight is 506 g/mol. The summed E-state index contributed by atoms with van der Waals surface area (Å²) < 4.78 is 37.9. The first-order valence-corrected chi connectivity index (χ1v) is 11.1. The Morgan fingerprint density at radius 3 is 2.58 bits per heavy atom. The van der Waals surface area contributed by atoms with Gasteiger partial charge in [-0.2, -0.15) is 23.5 Å². The Kier molecular flexibility index (Phi) is 8.25. The third-order valence-electron chi connectivity index (χ3n) is 5.62. The Morgan fingerprint density at radius 2 is 2.03 bits per heavy atom. The van der Waals surface area contributed by atoms with E-state index in [1.807, 2.05) is 13.1 Å². The van der Waals surface area contributed by atoms with E-state index < -0.39 is 30.5 Å². The van der Waals surface area contributed by atoms with Gasteiger partial charge in [-0.05, 0) is 19.8 Å². The van der Waals surface area contributed by atoms with Crippen molar-refractivity contribution in [3.05, 3.63) is 30.4 Å². The zero-order valence-corrected chi connectivity index (χ0v) is 19.4. The molecule has 3 aromatic heterocycles. The maximum Gasteiger partial charge on any atom is 0.391 e. The standard InChI is InChI=1S/C12H11N5O2.C10H14F3N3O/c1-2-17-6-7(3-15-17)9-5-14-11-10(16-9)8(4-13-11)12(18)19;11-10(12,13)5-8(15)9(17)16-3-1-7(6-14)2-4-16/h3-6H,2H2,1H3,(H,13,14)(H,18,19);7-8H,1-5,15H2/t;8-/m.0/s1. The molecule has 0 unspecified atom stereocenters. The van der Waals surface area contributed by atoms with Gasteiger partial charge in [0.2, 0.25) is 5.91 Å². The van der Waals surface area contributed by atoms with Crippen LogP contribution in [0.4, 0.5) is 13.2 Å². The van der Waals surface area contributed by atoms with E-state index in [-0.39, 0.29) is 11.5 Å². The number of carboxylic acid groups (broad SMARTS) is 1. The van der Waals surface area contributed by atoms with E-state index in [1.54, 1.807) is 17.1 Å². The van der Waals surface area contributed by atoms with Crippen molar-refractivity contribution in [2.75, 3.05) is 13.1 Å². The molecule has 4 rings (SSSR count). The van der Waals surface area contributed by atoms with Crippen molar-refractivity contribution >= 4 is 23.0 Å². The lowest BCUT2D eigenvalue weighted by molar-refractivity contribution is -0.153. The maximum absolute atomic E-state index is 12.1. The van der Waals surface area contributed by atoms with Crippen molar-refractivity contribution < 1.29 is 27.9 Å². The van der Waals surface area contributed by atoms with Crippen LogP contribution in [-0.2, 0) is 11.3 Å². The van der Waals surface area contributed by atoms with Gasteiger partial charge in [0.05, 0.1) is 36.6 Å². The predicted molar refractivity (Wildman–Crippen MR) is 121 cm³/mol. The summed E-state index contributed by atoms with van der Waals surface area (Å²) >= 11 is 0. The number of amides is 1. The first-order chi connectivity index (χ1) is 17.0. The molecule has 36 heavy (non-hydrogen) atoms. The number of nitrogens with zero attached hydrogens (tertiary/aromatic N) is 6. The quantitative estimate of drug-likeness (QED) is 0.475. The monoisotopic (exact) mass is 506 g/mol. The highest BCUT2D eigenvalue weighted by molar-refractivity contribution is 6.00. The van der Waals surface area contributed by atoms with Gasteiger partial charge in [-0.25, -0.2) is 14.8 Å². The van der Waals surface area contributed by atoms with Crippen LogP contribution in [0.5, 0.6) is 0 Å². The molecule has 4 N–H and O–H groups in total. The SMILES string of the molecule is CCn1cc(-c2cnc3[nH]cc(C(=O)O)c3n2)cn1.N#CC1CCN(C(=O)[C@@H](N)CC(F)(F)F)CC1. The van der Waals surface area contributed by atoms with Gasteiger partial charge in [0.25, 0.3) is 0 Å². The number of hydrogen-bond donors (Lipinski definition) is 3. The zero-order valence-electron chi connectivity index (χ0n) is 19.4. The van der Waals surface area contributed by atoms with Gasteiger partial charge in [0, 0.05) is 43.5 Å². The predicted octanol–water partition coefficient (Wildman–Crippen LogP) is 2.57. The van der Waals surface area contributed by atoms with Crippen LogP contribution in [0.1, 0.15) is 36.5 Å². The van der Waals surface area contributed by atoms with E-state index in [0.29, 0.717) is 42.8 Å². The Bertz CT molecular complexity index is 1260. The molecule has 0 radical (unpaired) electrons. The number of rotatable bonds is 5. The molecule has 1 amide bonds. The number of aryl methyl sites for hydroxylation is 1. The summed E-state index contributed by atoms with van der Waals surface area (Å²) in [6.45, 7) is 3.37. The molecular formula is C22H25F3N8O3. The third kappa shape index (κ3) is 6.57. The van der Waals surface area contributed by atoms with Gasteiger partial charge < -0.3 is 20.7 Å². The fourth-order valence-electron chi connectivity index (χ4n) is 3.66. The molecular weight excluding hydrogens is 481 g/mol. The number of aromatic amines is 1. The number of nitrogens with one attached hydrogen (secondary N) is 1. The Morgan fingerprint density at radius 1 is 1.33 bits per heavy atom. The van der Waals surface area contributed by atoms with Crippen molar-refractivity contribution in [3.8, 4) is 17.3 Å². The highest BCUT2D eigenvalue weighted by Crippen LogP contribution is 2.23. The molecule has 1 atom stereocenters. The highest BCUT2D eigenvalue weighted by atomic mass is 19.4. The van der Waals surface area contributed by atoms with E-state index in [9.17, 15) is 22.8 Å². The lowest BCUT2D eigenvalue weighted by atomic mass is 9.98. The number of carboxylic acids is 1. The smallest absolute Gasteiger partial charge is 0.391 e. The minimum Gasteiger partial charge on any atom is -0.478 e. The summed E-state index contributed by atoms with van der Waals surface area (Å²) in [6, 6.07) is 0.548. The summed E-state index contributed by atoms with van der Waals surface area (Å²) in [6.07, 6.45) is 1.80. The second-order valence-electron chi connectivity index (χ2n) is 8.20. The molecule has 0 bridgehead atoms. The lowest BCUT2D eigenvalue weighted by Gasteiger charge is -2.31. The normalized spacial score (nSPS) is 15.2. The molecule has 1 fully saturated rings. The molecule has 3 aromatic rings. The number of likely N-dealkylation sites (tertiary alicyclic amines) is 1. The third-order valence-corrected chi connectivity index (χ3v) is 5.62. The fraction of sp³-hybridized carbons (Fsp3) is 0.455. The molecule has 1 aliphatic rings. The van der Waals surface area contributed by atoms with Crippen LogP contribution < -0.4 is 5.73 Å². The van der Waals surface area contributed by atoms with Crippen molar-refractivity contribution in [1.82, 2.24) is 29.6 Å². The lowest BCUT2D eigenvalue weighted by Crippen LogP contribution is -2.48. The Balaban J connectivity index is 0.000000202. The van der Waals surface area contributed by atoms with E-state index in [1.165, 1.54) is 11.1 Å². The molecule has 0 saturated carbocycles. The molecule has 1 aliphatic heterocycles. The number of piperidine rings is 1. The molecule has 11 nitrogen and oxygen atoms in total. The maximum atomic E-state index is 12.1. The van der Waals surface area contributed by atoms with Crippen molar-refractivity contribution in [2.45, 2.75) is 44.9 Å². The van der Waals surface area contributed by atoms with Crippen LogP contribution in [0.15, 0.2) is 24.8 Å².